The average molecular weight is 378 g/mol. The number of carbonyl (C=O) groups is 2. The van der Waals surface area contributed by atoms with Gasteiger partial charge in [0.05, 0.1) is 0 Å². The monoisotopic (exact) mass is 378 g/mol. The maximum atomic E-state index is 12.9. The van der Waals surface area contributed by atoms with E-state index in [9.17, 15) is 9.59 Å². The lowest BCUT2D eigenvalue weighted by Crippen LogP contribution is -2.37. The Morgan fingerprint density at radius 1 is 0.857 bits per heavy atom. The Labute approximate surface area is 165 Å². The minimum Gasteiger partial charge on any atom is -0.489 e. The van der Waals surface area contributed by atoms with Gasteiger partial charge >= 0.3 is 0 Å². The molecule has 0 N–H and O–H groups in total. The van der Waals surface area contributed by atoms with Crippen LogP contribution in [-0.4, -0.2) is 47.8 Å². The second-order valence-electron chi connectivity index (χ2n) is 7.54. The third-order valence-electron chi connectivity index (χ3n) is 5.37. The Kier molecular flexibility index (Phi) is 5.60. The van der Waals surface area contributed by atoms with Crippen LogP contribution in [0, 0.1) is 5.92 Å². The molecular formula is C23H26N2O3. The predicted octanol–water partition coefficient (Wildman–Crippen LogP) is 3.35. The number of hydrogen-bond acceptors (Lipinski definition) is 3. The van der Waals surface area contributed by atoms with Crippen LogP contribution in [0.15, 0.2) is 54.6 Å². The Morgan fingerprint density at radius 2 is 1.54 bits per heavy atom. The van der Waals surface area contributed by atoms with E-state index in [4.69, 9.17) is 4.74 Å². The summed E-state index contributed by atoms with van der Waals surface area (Å²) < 4.78 is 5.75. The lowest BCUT2D eigenvalue weighted by atomic mass is 10.1. The molecule has 0 atom stereocenters. The highest BCUT2D eigenvalue weighted by atomic mass is 16.5. The summed E-state index contributed by atoms with van der Waals surface area (Å²) in [5.74, 6) is 1.39. The molecule has 0 bridgehead atoms. The number of benzene rings is 2. The molecule has 2 amide bonds. The second kappa shape index (κ2) is 8.46. The molecule has 1 heterocycles. The Morgan fingerprint density at radius 3 is 2.25 bits per heavy atom. The van der Waals surface area contributed by atoms with Crippen LogP contribution in [0.4, 0.5) is 0 Å². The molecule has 2 aromatic carbocycles. The van der Waals surface area contributed by atoms with Crippen LogP contribution in [0.3, 0.4) is 0 Å². The van der Waals surface area contributed by atoms with Crippen LogP contribution in [-0.2, 0) is 11.4 Å². The molecule has 1 aliphatic heterocycles. The van der Waals surface area contributed by atoms with Gasteiger partial charge in [-0.3, -0.25) is 9.59 Å². The number of carbonyl (C=O) groups excluding carboxylic acids is 2. The summed E-state index contributed by atoms with van der Waals surface area (Å²) in [4.78, 5) is 28.9. The first-order valence-corrected chi connectivity index (χ1v) is 10.1. The molecule has 28 heavy (non-hydrogen) atoms. The van der Waals surface area contributed by atoms with Crippen molar-refractivity contribution in [2.75, 3.05) is 26.2 Å². The van der Waals surface area contributed by atoms with Gasteiger partial charge in [-0.05, 0) is 49.1 Å². The highest BCUT2D eigenvalue weighted by Crippen LogP contribution is 2.31. The zero-order chi connectivity index (χ0) is 19.3. The molecule has 4 rings (SSSR count). The molecule has 1 aliphatic carbocycles. The average Bonchev–Trinajstić information content (AvgIpc) is 3.59. The third-order valence-corrected chi connectivity index (χ3v) is 5.37. The standard InChI is InChI=1S/C23H26N2O3/c26-22(24-13-4-14-25(16-15-24)23(27)20-11-12-20)19-9-7-18(8-10-19)17-28-21-5-2-1-3-6-21/h1-3,5-10,20H,4,11-17H2. The van der Waals surface area contributed by atoms with E-state index < -0.39 is 0 Å². The molecule has 2 fully saturated rings. The van der Waals surface area contributed by atoms with Gasteiger partial charge in [-0.2, -0.15) is 0 Å². The van der Waals surface area contributed by atoms with E-state index in [2.05, 4.69) is 0 Å². The molecule has 2 aliphatic rings. The Balaban J connectivity index is 1.32. The van der Waals surface area contributed by atoms with Gasteiger partial charge in [-0.15, -0.1) is 0 Å². The molecule has 146 valence electrons. The number of ether oxygens (including phenoxy) is 1. The summed E-state index contributed by atoms with van der Waals surface area (Å²) in [5, 5.41) is 0. The zero-order valence-electron chi connectivity index (χ0n) is 16.0. The number of para-hydroxylation sites is 1. The molecule has 5 heteroatoms. The molecule has 2 aromatic rings. The maximum Gasteiger partial charge on any atom is 0.253 e. The minimum atomic E-state index is 0.0382. The summed E-state index contributed by atoms with van der Waals surface area (Å²) >= 11 is 0. The van der Waals surface area contributed by atoms with Crippen molar-refractivity contribution in [3.8, 4) is 5.75 Å². The van der Waals surface area contributed by atoms with Crippen molar-refractivity contribution >= 4 is 11.8 Å². The lowest BCUT2D eigenvalue weighted by Gasteiger charge is -2.22. The van der Waals surface area contributed by atoms with Crippen LogP contribution in [0.5, 0.6) is 5.75 Å². The van der Waals surface area contributed by atoms with Gasteiger partial charge in [-0.25, -0.2) is 0 Å². The van der Waals surface area contributed by atoms with E-state index in [-0.39, 0.29) is 17.7 Å². The van der Waals surface area contributed by atoms with Gasteiger partial charge < -0.3 is 14.5 Å². The third kappa shape index (κ3) is 4.53. The summed E-state index contributed by atoms with van der Waals surface area (Å²) in [6.45, 7) is 3.18. The van der Waals surface area contributed by atoms with E-state index in [0.29, 0.717) is 31.8 Å². The fraction of sp³-hybridized carbons (Fsp3) is 0.391. The van der Waals surface area contributed by atoms with Crippen LogP contribution in [0.1, 0.15) is 35.2 Å². The van der Waals surface area contributed by atoms with Gasteiger partial charge in [0.15, 0.2) is 0 Å². The van der Waals surface area contributed by atoms with Crippen molar-refractivity contribution in [3.63, 3.8) is 0 Å². The molecule has 0 spiro atoms. The summed E-state index contributed by atoms with van der Waals surface area (Å²) in [6.07, 6.45) is 2.89. The molecule has 0 unspecified atom stereocenters. The molecule has 0 aromatic heterocycles. The minimum absolute atomic E-state index is 0.0382. The van der Waals surface area contributed by atoms with E-state index in [0.717, 1.165) is 37.1 Å². The van der Waals surface area contributed by atoms with Gasteiger partial charge in [0.1, 0.15) is 12.4 Å². The molecule has 1 saturated heterocycles. The van der Waals surface area contributed by atoms with Gasteiger partial charge in [0, 0.05) is 37.7 Å². The van der Waals surface area contributed by atoms with Crippen LogP contribution >= 0.6 is 0 Å². The predicted molar refractivity (Wildman–Crippen MR) is 107 cm³/mol. The largest absolute Gasteiger partial charge is 0.489 e. The lowest BCUT2D eigenvalue weighted by molar-refractivity contribution is -0.132. The van der Waals surface area contributed by atoms with Crippen molar-refractivity contribution in [3.05, 3.63) is 65.7 Å². The summed E-state index contributed by atoms with van der Waals surface area (Å²) in [5.41, 5.74) is 1.71. The first kappa shape index (κ1) is 18.5. The fourth-order valence-corrected chi connectivity index (χ4v) is 3.54. The highest BCUT2D eigenvalue weighted by Gasteiger charge is 2.34. The second-order valence-corrected chi connectivity index (χ2v) is 7.54. The van der Waals surface area contributed by atoms with Crippen molar-refractivity contribution in [1.82, 2.24) is 9.80 Å². The maximum absolute atomic E-state index is 12.9. The molecular weight excluding hydrogens is 352 g/mol. The van der Waals surface area contributed by atoms with Crippen molar-refractivity contribution in [2.24, 2.45) is 5.92 Å². The van der Waals surface area contributed by atoms with Gasteiger partial charge in [0.25, 0.3) is 5.91 Å². The molecule has 1 saturated carbocycles. The van der Waals surface area contributed by atoms with Crippen LogP contribution in [0.25, 0.3) is 0 Å². The summed E-state index contributed by atoms with van der Waals surface area (Å²) in [6, 6.07) is 17.3. The quantitative estimate of drug-likeness (QED) is 0.802. The first-order valence-electron chi connectivity index (χ1n) is 10.1. The first-order chi connectivity index (χ1) is 13.7. The number of hydrogen-bond donors (Lipinski definition) is 0. The zero-order valence-corrected chi connectivity index (χ0v) is 16.0. The summed E-state index contributed by atoms with van der Waals surface area (Å²) in [7, 11) is 0. The van der Waals surface area contributed by atoms with E-state index in [1.807, 2.05) is 64.4 Å². The van der Waals surface area contributed by atoms with Gasteiger partial charge in [0.2, 0.25) is 5.91 Å². The van der Waals surface area contributed by atoms with Gasteiger partial charge in [-0.1, -0.05) is 30.3 Å². The van der Waals surface area contributed by atoms with Crippen molar-refractivity contribution in [1.29, 1.82) is 0 Å². The Bertz CT molecular complexity index is 816. The number of rotatable bonds is 5. The van der Waals surface area contributed by atoms with Crippen LogP contribution < -0.4 is 4.74 Å². The van der Waals surface area contributed by atoms with Crippen molar-refractivity contribution in [2.45, 2.75) is 25.9 Å². The van der Waals surface area contributed by atoms with Crippen LogP contribution in [0.2, 0.25) is 0 Å². The smallest absolute Gasteiger partial charge is 0.253 e. The highest BCUT2D eigenvalue weighted by molar-refractivity contribution is 5.94. The van der Waals surface area contributed by atoms with Crippen molar-refractivity contribution < 1.29 is 14.3 Å². The fourth-order valence-electron chi connectivity index (χ4n) is 3.54. The van der Waals surface area contributed by atoms with E-state index >= 15 is 0 Å². The molecule has 5 nitrogen and oxygen atoms in total. The topological polar surface area (TPSA) is 49.9 Å². The molecule has 0 radical (unpaired) electrons. The van der Waals surface area contributed by atoms with E-state index in [1.54, 1.807) is 0 Å². The number of nitrogens with zero attached hydrogens (tertiary/aromatic N) is 2. The normalized spacial score (nSPS) is 17.1. The van der Waals surface area contributed by atoms with E-state index in [1.165, 1.54) is 0 Å². The SMILES string of the molecule is O=C(c1ccc(COc2ccccc2)cc1)N1CCCN(C(=O)C2CC2)CC1. The number of amides is 2. The Hall–Kier alpha value is -2.82.